The fraction of sp³-hybridized carbons (Fsp3) is 0.158. The van der Waals surface area contributed by atoms with Gasteiger partial charge in [0.2, 0.25) is 5.78 Å². The molecule has 2 aromatic carbocycles. The second-order valence-electron chi connectivity index (χ2n) is 5.20. The summed E-state index contributed by atoms with van der Waals surface area (Å²) in [6, 6.07) is 14.1. The lowest BCUT2D eigenvalue weighted by atomic mass is 10.1. The number of rotatable bonds is 6. The highest BCUT2D eigenvalue weighted by molar-refractivity contribution is 6.08. The van der Waals surface area contributed by atoms with E-state index in [0.29, 0.717) is 23.5 Å². The number of carbonyl (C=O) groups is 2. The molecule has 0 fully saturated rings. The van der Waals surface area contributed by atoms with Crippen molar-refractivity contribution < 1.29 is 19.1 Å². The average Bonchev–Trinajstić information content (AvgIpc) is 3.04. The van der Waals surface area contributed by atoms with Gasteiger partial charge < -0.3 is 14.5 Å². The topological polar surface area (TPSA) is 68.4 Å². The molecule has 0 aliphatic rings. The molecule has 0 aliphatic heterocycles. The maximum atomic E-state index is 12.3. The number of ketones is 1. The quantitative estimate of drug-likeness (QED) is 0.556. The number of hydrogen-bond acceptors (Lipinski definition) is 4. The lowest BCUT2D eigenvalue weighted by Crippen LogP contribution is -2.11. The SMILES string of the molecule is CCOC(=O)c1ccc(OCC(=O)c2c[nH]c3ccccc23)cc1. The number of esters is 1. The first-order valence-corrected chi connectivity index (χ1v) is 7.68. The Morgan fingerprint density at radius 2 is 1.79 bits per heavy atom. The molecule has 0 bridgehead atoms. The molecule has 0 radical (unpaired) electrons. The number of aromatic amines is 1. The van der Waals surface area contributed by atoms with Crippen LogP contribution in [-0.4, -0.2) is 30.0 Å². The standard InChI is InChI=1S/C19H17NO4/c1-2-23-19(22)13-7-9-14(10-8-13)24-12-18(21)16-11-20-17-6-4-3-5-15(16)17/h3-11,20H,2,12H2,1H3. The average molecular weight is 323 g/mol. The van der Waals surface area contributed by atoms with Gasteiger partial charge >= 0.3 is 5.97 Å². The van der Waals surface area contributed by atoms with Crippen molar-refractivity contribution in [2.75, 3.05) is 13.2 Å². The minimum atomic E-state index is -0.376. The molecule has 0 unspecified atom stereocenters. The number of ether oxygens (including phenoxy) is 2. The van der Waals surface area contributed by atoms with Gasteiger partial charge in [0.05, 0.1) is 12.2 Å². The monoisotopic (exact) mass is 323 g/mol. The summed E-state index contributed by atoms with van der Waals surface area (Å²) in [5, 5.41) is 0.878. The second kappa shape index (κ2) is 7.00. The van der Waals surface area contributed by atoms with E-state index in [-0.39, 0.29) is 18.4 Å². The Bertz CT molecular complexity index is 864. The van der Waals surface area contributed by atoms with Crippen molar-refractivity contribution in [3.05, 3.63) is 65.9 Å². The van der Waals surface area contributed by atoms with E-state index in [1.807, 2.05) is 24.3 Å². The second-order valence-corrected chi connectivity index (χ2v) is 5.20. The van der Waals surface area contributed by atoms with Crippen LogP contribution in [0.25, 0.3) is 10.9 Å². The van der Waals surface area contributed by atoms with E-state index >= 15 is 0 Å². The molecule has 5 heteroatoms. The van der Waals surface area contributed by atoms with Crippen LogP contribution in [0.2, 0.25) is 0 Å². The van der Waals surface area contributed by atoms with Crippen LogP contribution in [0, 0.1) is 0 Å². The third-order valence-corrected chi connectivity index (χ3v) is 3.63. The largest absolute Gasteiger partial charge is 0.485 e. The predicted octanol–water partition coefficient (Wildman–Crippen LogP) is 3.61. The molecular weight excluding hydrogens is 306 g/mol. The van der Waals surface area contributed by atoms with Gasteiger partial charge in [0, 0.05) is 22.7 Å². The van der Waals surface area contributed by atoms with Crippen LogP contribution in [0.15, 0.2) is 54.7 Å². The summed E-state index contributed by atoms with van der Waals surface area (Å²) >= 11 is 0. The smallest absolute Gasteiger partial charge is 0.338 e. The number of aromatic nitrogens is 1. The first kappa shape index (κ1) is 15.8. The Kier molecular flexibility index (Phi) is 4.61. The molecule has 0 saturated heterocycles. The Labute approximate surface area is 139 Å². The van der Waals surface area contributed by atoms with E-state index in [1.165, 1.54) is 0 Å². The van der Waals surface area contributed by atoms with Gasteiger partial charge in [-0.25, -0.2) is 4.79 Å². The number of carbonyl (C=O) groups excluding carboxylic acids is 2. The zero-order chi connectivity index (χ0) is 16.9. The van der Waals surface area contributed by atoms with Gasteiger partial charge in [-0.2, -0.15) is 0 Å². The zero-order valence-corrected chi connectivity index (χ0v) is 13.2. The number of fused-ring (bicyclic) bond motifs is 1. The molecule has 0 aliphatic carbocycles. The Morgan fingerprint density at radius 3 is 2.54 bits per heavy atom. The molecule has 3 aromatic rings. The minimum absolute atomic E-state index is 0.0688. The number of benzene rings is 2. The van der Waals surface area contributed by atoms with Gasteiger partial charge in [0.1, 0.15) is 5.75 Å². The summed E-state index contributed by atoms with van der Waals surface area (Å²) in [5.41, 5.74) is 1.97. The number of nitrogens with one attached hydrogen (secondary N) is 1. The van der Waals surface area contributed by atoms with E-state index in [4.69, 9.17) is 9.47 Å². The van der Waals surface area contributed by atoms with Crippen molar-refractivity contribution in [2.24, 2.45) is 0 Å². The van der Waals surface area contributed by atoms with Gasteiger partial charge in [-0.1, -0.05) is 18.2 Å². The summed E-state index contributed by atoms with van der Waals surface area (Å²) in [5.74, 6) is 0.0390. The Morgan fingerprint density at radius 1 is 1.04 bits per heavy atom. The van der Waals surface area contributed by atoms with E-state index in [1.54, 1.807) is 37.4 Å². The summed E-state index contributed by atoms with van der Waals surface area (Å²) < 4.78 is 10.4. The molecule has 1 N–H and O–H groups in total. The van der Waals surface area contributed by atoms with Gasteiger partial charge in [-0.15, -0.1) is 0 Å². The molecular formula is C19H17NO4. The molecule has 24 heavy (non-hydrogen) atoms. The Balaban J connectivity index is 1.65. The van der Waals surface area contributed by atoms with Crippen molar-refractivity contribution >= 4 is 22.7 Å². The van der Waals surface area contributed by atoms with Gasteiger partial charge in [0.25, 0.3) is 0 Å². The summed E-state index contributed by atoms with van der Waals surface area (Å²) in [4.78, 5) is 27.0. The van der Waals surface area contributed by atoms with E-state index in [0.717, 1.165) is 10.9 Å². The first-order valence-electron chi connectivity index (χ1n) is 7.68. The van der Waals surface area contributed by atoms with E-state index in [2.05, 4.69) is 4.98 Å². The summed E-state index contributed by atoms with van der Waals surface area (Å²) in [6.07, 6.45) is 1.69. The molecule has 1 aromatic heterocycles. The van der Waals surface area contributed by atoms with Gasteiger partial charge in [-0.05, 0) is 37.3 Å². The van der Waals surface area contributed by atoms with Crippen molar-refractivity contribution in [3.8, 4) is 5.75 Å². The lowest BCUT2D eigenvalue weighted by Gasteiger charge is -2.06. The van der Waals surface area contributed by atoms with Crippen LogP contribution in [-0.2, 0) is 4.74 Å². The van der Waals surface area contributed by atoms with Crippen LogP contribution < -0.4 is 4.74 Å². The number of hydrogen-bond donors (Lipinski definition) is 1. The van der Waals surface area contributed by atoms with Crippen LogP contribution in [0.1, 0.15) is 27.6 Å². The molecule has 0 saturated carbocycles. The zero-order valence-electron chi connectivity index (χ0n) is 13.2. The maximum Gasteiger partial charge on any atom is 0.338 e. The van der Waals surface area contributed by atoms with Gasteiger partial charge in [-0.3, -0.25) is 4.79 Å². The van der Waals surface area contributed by atoms with Crippen LogP contribution in [0.5, 0.6) is 5.75 Å². The fourth-order valence-corrected chi connectivity index (χ4v) is 2.43. The van der Waals surface area contributed by atoms with E-state index in [9.17, 15) is 9.59 Å². The molecule has 0 atom stereocenters. The van der Waals surface area contributed by atoms with Crippen LogP contribution in [0.4, 0.5) is 0 Å². The maximum absolute atomic E-state index is 12.3. The number of para-hydroxylation sites is 1. The van der Waals surface area contributed by atoms with E-state index < -0.39 is 0 Å². The third kappa shape index (κ3) is 3.30. The highest BCUT2D eigenvalue weighted by Gasteiger charge is 2.13. The fourth-order valence-electron chi connectivity index (χ4n) is 2.43. The minimum Gasteiger partial charge on any atom is -0.485 e. The molecule has 5 nitrogen and oxygen atoms in total. The molecule has 0 spiro atoms. The highest BCUT2D eigenvalue weighted by atomic mass is 16.5. The van der Waals surface area contributed by atoms with Crippen molar-refractivity contribution in [1.82, 2.24) is 4.98 Å². The van der Waals surface area contributed by atoms with Crippen LogP contribution >= 0.6 is 0 Å². The van der Waals surface area contributed by atoms with Crippen molar-refractivity contribution in [1.29, 1.82) is 0 Å². The van der Waals surface area contributed by atoms with Crippen molar-refractivity contribution in [3.63, 3.8) is 0 Å². The Hall–Kier alpha value is -3.08. The normalized spacial score (nSPS) is 10.5. The van der Waals surface area contributed by atoms with Gasteiger partial charge in [0.15, 0.2) is 6.61 Å². The summed E-state index contributed by atoms with van der Waals surface area (Å²) in [7, 11) is 0. The van der Waals surface area contributed by atoms with Crippen molar-refractivity contribution in [2.45, 2.75) is 6.92 Å². The molecule has 3 rings (SSSR count). The third-order valence-electron chi connectivity index (χ3n) is 3.63. The summed E-state index contributed by atoms with van der Waals surface area (Å²) in [6.45, 7) is 2.02. The molecule has 122 valence electrons. The predicted molar refractivity (Wildman–Crippen MR) is 90.5 cm³/mol. The number of H-pyrrole nitrogens is 1. The number of Topliss-reactive ketones (excluding diaryl/α,β-unsaturated/α-hetero) is 1. The van der Waals surface area contributed by atoms with Crippen LogP contribution in [0.3, 0.4) is 0 Å². The molecule has 0 amide bonds. The lowest BCUT2D eigenvalue weighted by molar-refractivity contribution is 0.0526. The highest BCUT2D eigenvalue weighted by Crippen LogP contribution is 2.19. The molecule has 1 heterocycles. The first-order chi connectivity index (χ1) is 11.7.